The Bertz CT molecular complexity index is 838. The highest BCUT2D eigenvalue weighted by Gasteiger charge is 2.60. The first-order chi connectivity index (χ1) is 21.7. The topological polar surface area (TPSA) is 99.5 Å². The zero-order chi connectivity index (χ0) is 34.4. The summed E-state index contributed by atoms with van der Waals surface area (Å²) in [6.07, 6.45) is 19.1. The van der Waals surface area contributed by atoms with E-state index in [4.69, 9.17) is 9.68 Å². The molecule has 0 aromatic rings. The summed E-state index contributed by atoms with van der Waals surface area (Å²) in [7, 11) is 0. The van der Waals surface area contributed by atoms with Gasteiger partial charge in [0, 0.05) is 23.2 Å². The Morgan fingerprint density at radius 1 is 0.652 bits per heavy atom. The predicted octanol–water partition coefficient (Wildman–Crippen LogP) is 9.65. The van der Waals surface area contributed by atoms with E-state index in [2.05, 4.69) is 65.5 Å². The van der Waals surface area contributed by atoms with Crippen molar-refractivity contribution in [2.75, 3.05) is 13.2 Å². The first-order valence-electron chi connectivity index (χ1n) is 19.0. The summed E-state index contributed by atoms with van der Waals surface area (Å²) in [6, 6.07) is -0.0247. The van der Waals surface area contributed by atoms with E-state index in [1.807, 2.05) is 0 Å². The molecule has 2 heterocycles. The average Bonchev–Trinajstić information content (AvgIpc) is 2.95. The van der Waals surface area contributed by atoms with Gasteiger partial charge in [-0.25, -0.2) is 0 Å². The minimum absolute atomic E-state index is 0.0124. The zero-order valence-corrected chi connectivity index (χ0v) is 31.1. The van der Waals surface area contributed by atoms with E-state index in [9.17, 15) is 19.8 Å². The van der Waals surface area contributed by atoms with Gasteiger partial charge in [0.05, 0.1) is 25.0 Å². The summed E-state index contributed by atoms with van der Waals surface area (Å²) in [6.45, 7) is 18.5. The molecule has 2 fully saturated rings. The maximum Gasteiger partial charge on any atom is 0.310 e. The fourth-order valence-corrected chi connectivity index (χ4v) is 8.89. The first-order valence-corrected chi connectivity index (χ1v) is 19.0. The van der Waals surface area contributed by atoms with Gasteiger partial charge in [-0.1, -0.05) is 90.9 Å². The van der Waals surface area contributed by atoms with Crippen LogP contribution in [0.1, 0.15) is 177 Å². The summed E-state index contributed by atoms with van der Waals surface area (Å²) in [5, 5.41) is 25.4. The summed E-state index contributed by atoms with van der Waals surface area (Å²) in [5.41, 5.74) is -2.19. The molecule has 0 saturated carbocycles. The van der Waals surface area contributed by atoms with Crippen molar-refractivity contribution >= 4 is 11.9 Å². The molecule has 2 rings (SSSR count). The lowest BCUT2D eigenvalue weighted by atomic mass is 9.55. The van der Waals surface area contributed by atoms with Crippen LogP contribution in [0.4, 0.5) is 0 Å². The zero-order valence-electron chi connectivity index (χ0n) is 31.1. The van der Waals surface area contributed by atoms with E-state index in [-0.39, 0.29) is 30.3 Å². The number of carboxylic acids is 2. The highest BCUT2D eigenvalue weighted by Crippen LogP contribution is 2.55. The second-order valence-corrected chi connectivity index (χ2v) is 16.1. The van der Waals surface area contributed by atoms with E-state index in [0.717, 1.165) is 25.7 Å². The lowest BCUT2D eigenvalue weighted by Crippen LogP contribution is -2.63. The molecule has 8 heteroatoms. The number of hydroxylamine groups is 4. The van der Waals surface area contributed by atoms with Gasteiger partial charge in [-0.3, -0.25) is 19.3 Å². The number of carboxylic acid groups (broad SMARTS) is 2. The summed E-state index contributed by atoms with van der Waals surface area (Å²) >= 11 is 0. The Labute approximate surface area is 282 Å². The van der Waals surface area contributed by atoms with Gasteiger partial charge in [0.15, 0.2) is 0 Å². The van der Waals surface area contributed by atoms with Crippen LogP contribution in [0.25, 0.3) is 0 Å². The van der Waals surface area contributed by atoms with E-state index in [0.29, 0.717) is 38.9 Å². The van der Waals surface area contributed by atoms with Crippen LogP contribution in [0.2, 0.25) is 0 Å². The fourth-order valence-electron chi connectivity index (χ4n) is 8.89. The number of hydrogen-bond acceptors (Lipinski definition) is 6. The van der Waals surface area contributed by atoms with Crippen molar-refractivity contribution in [3.63, 3.8) is 0 Å². The maximum absolute atomic E-state index is 13.5. The molecular weight excluding hydrogens is 580 g/mol. The van der Waals surface area contributed by atoms with Gasteiger partial charge in [0.2, 0.25) is 0 Å². The molecule has 0 aromatic heterocycles. The second kappa shape index (κ2) is 19.7. The van der Waals surface area contributed by atoms with Crippen LogP contribution < -0.4 is 0 Å². The Morgan fingerprint density at radius 2 is 1.00 bits per heavy atom. The first kappa shape index (κ1) is 41.0. The van der Waals surface area contributed by atoms with Gasteiger partial charge in [-0.2, -0.15) is 10.1 Å². The van der Waals surface area contributed by atoms with E-state index < -0.39 is 28.4 Å². The standard InChI is InChI=1S/C38H72N2O6/c1-9-11-13-15-17-19-21-23-45-39-30(3)25-32(27-36(39,5)6)38(35(43)44,29-34(41)42)33-26-31(4)40(37(7,8)28-33)46-24-22-20-18-16-14-12-10-2/h30-33H,9-29H2,1-8H3,(H,41,42)(H,43,44). The van der Waals surface area contributed by atoms with Crippen molar-refractivity contribution in [2.24, 2.45) is 17.3 Å². The minimum Gasteiger partial charge on any atom is -0.481 e. The molecule has 4 atom stereocenters. The van der Waals surface area contributed by atoms with Crippen LogP contribution >= 0.6 is 0 Å². The van der Waals surface area contributed by atoms with Crippen molar-refractivity contribution in [3.8, 4) is 0 Å². The number of aliphatic carboxylic acids is 2. The fraction of sp³-hybridized carbons (Fsp3) is 0.947. The molecule has 46 heavy (non-hydrogen) atoms. The number of nitrogens with zero attached hydrogens (tertiary/aromatic N) is 2. The number of piperidine rings is 2. The molecule has 0 aromatic carbocycles. The molecule has 0 radical (unpaired) electrons. The summed E-state index contributed by atoms with van der Waals surface area (Å²) in [4.78, 5) is 38.7. The monoisotopic (exact) mass is 653 g/mol. The van der Waals surface area contributed by atoms with Crippen molar-refractivity contribution in [3.05, 3.63) is 0 Å². The van der Waals surface area contributed by atoms with Crippen LogP contribution in [0, 0.1) is 17.3 Å². The number of carbonyl (C=O) groups is 2. The Kier molecular flexibility index (Phi) is 17.5. The Morgan fingerprint density at radius 3 is 1.30 bits per heavy atom. The van der Waals surface area contributed by atoms with Crippen LogP contribution in [-0.4, -0.2) is 68.7 Å². The summed E-state index contributed by atoms with van der Waals surface area (Å²) in [5.74, 6) is -2.56. The normalized spacial score (nSPS) is 26.5. The quantitative estimate of drug-likeness (QED) is 0.105. The average molecular weight is 653 g/mol. The molecule has 4 unspecified atom stereocenters. The molecule has 270 valence electrons. The third-order valence-electron chi connectivity index (χ3n) is 11.0. The predicted molar refractivity (Wildman–Crippen MR) is 186 cm³/mol. The molecular formula is C38H72N2O6. The van der Waals surface area contributed by atoms with Crippen LogP contribution in [0.5, 0.6) is 0 Å². The number of hydrogen-bond donors (Lipinski definition) is 2. The Balaban J connectivity index is 2.12. The lowest BCUT2D eigenvalue weighted by molar-refractivity contribution is -0.278. The molecule has 2 aliphatic heterocycles. The molecule has 0 aliphatic carbocycles. The molecule has 0 bridgehead atoms. The van der Waals surface area contributed by atoms with Gasteiger partial charge >= 0.3 is 11.9 Å². The lowest BCUT2D eigenvalue weighted by Gasteiger charge is -2.57. The molecule has 2 saturated heterocycles. The van der Waals surface area contributed by atoms with Crippen molar-refractivity contribution in [2.45, 2.75) is 201 Å². The second-order valence-electron chi connectivity index (χ2n) is 16.1. The van der Waals surface area contributed by atoms with Gasteiger partial charge < -0.3 is 10.2 Å². The molecule has 8 nitrogen and oxygen atoms in total. The van der Waals surface area contributed by atoms with Crippen molar-refractivity contribution in [1.29, 1.82) is 0 Å². The van der Waals surface area contributed by atoms with Gasteiger partial charge in [0.1, 0.15) is 0 Å². The highest BCUT2D eigenvalue weighted by molar-refractivity contribution is 5.82. The third-order valence-corrected chi connectivity index (χ3v) is 11.0. The van der Waals surface area contributed by atoms with Crippen LogP contribution in [0.15, 0.2) is 0 Å². The highest BCUT2D eigenvalue weighted by atomic mass is 16.7. The van der Waals surface area contributed by atoms with Gasteiger partial charge in [-0.15, -0.1) is 0 Å². The van der Waals surface area contributed by atoms with Gasteiger partial charge in [0.25, 0.3) is 0 Å². The SMILES string of the molecule is CCCCCCCCCON1C(C)CC(C(CC(=O)O)(C(=O)O)C2CC(C)N(OCCCCCCCCC)C(C)(C)C2)CC1(C)C. The Hall–Kier alpha value is -1.22. The van der Waals surface area contributed by atoms with Gasteiger partial charge in [-0.05, 0) is 91.9 Å². The largest absolute Gasteiger partial charge is 0.481 e. The van der Waals surface area contributed by atoms with E-state index in [1.165, 1.54) is 64.2 Å². The summed E-state index contributed by atoms with van der Waals surface area (Å²) < 4.78 is 0. The molecule has 0 amide bonds. The smallest absolute Gasteiger partial charge is 0.310 e. The van der Waals surface area contributed by atoms with E-state index in [1.54, 1.807) is 0 Å². The van der Waals surface area contributed by atoms with Crippen molar-refractivity contribution in [1.82, 2.24) is 10.1 Å². The molecule has 2 N–H and O–H groups in total. The third kappa shape index (κ3) is 11.7. The van der Waals surface area contributed by atoms with E-state index >= 15 is 0 Å². The molecule has 0 spiro atoms. The minimum atomic E-state index is -1.36. The number of rotatable bonds is 23. The molecule has 2 aliphatic rings. The van der Waals surface area contributed by atoms with Crippen molar-refractivity contribution < 1.29 is 29.5 Å². The number of unbranched alkanes of at least 4 members (excludes halogenated alkanes) is 12. The van der Waals surface area contributed by atoms with Crippen LogP contribution in [-0.2, 0) is 19.3 Å². The maximum atomic E-state index is 13.5. The van der Waals surface area contributed by atoms with Crippen LogP contribution in [0.3, 0.4) is 0 Å².